The molecule has 0 bridgehead atoms. The van der Waals surface area contributed by atoms with Gasteiger partial charge in [0.1, 0.15) is 6.61 Å². The number of hydrogen-bond donors (Lipinski definition) is 1. The number of nitrogens with one attached hydrogen (secondary N) is 1. The molecule has 0 spiro atoms. The second kappa shape index (κ2) is 7.57. The maximum atomic E-state index is 12.1. The quantitative estimate of drug-likeness (QED) is 0.785. The molecule has 0 radical (unpaired) electrons. The first-order valence-electron chi connectivity index (χ1n) is 6.73. The first-order valence-corrected chi connectivity index (χ1v) is 6.73. The van der Waals surface area contributed by atoms with Crippen molar-refractivity contribution in [2.45, 2.75) is 26.8 Å². The van der Waals surface area contributed by atoms with Gasteiger partial charge >= 0.3 is 0 Å². The Morgan fingerprint density at radius 3 is 2.14 bits per heavy atom. The van der Waals surface area contributed by atoms with Crippen molar-refractivity contribution in [3.8, 4) is 17.2 Å². The first-order chi connectivity index (χ1) is 9.88. The molecule has 0 saturated carbocycles. The third kappa shape index (κ3) is 4.70. The number of benzene rings is 1. The molecule has 5 heteroatoms. The lowest BCUT2D eigenvalue weighted by molar-refractivity contribution is 0.0942. The average molecular weight is 293 g/mol. The third-order valence-electron chi connectivity index (χ3n) is 2.61. The van der Waals surface area contributed by atoms with E-state index >= 15 is 0 Å². The normalized spacial score (nSPS) is 10.2. The van der Waals surface area contributed by atoms with Crippen molar-refractivity contribution in [3.05, 3.63) is 29.8 Å². The molecule has 21 heavy (non-hydrogen) atoms. The summed E-state index contributed by atoms with van der Waals surface area (Å²) in [6, 6.07) is 3.32. The van der Waals surface area contributed by atoms with E-state index in [0.717, 1.165) is 5.57 Å². The molecule has 0 fully saturated rings. The Bertz CT molecular complexity index is 498. The molecule has 1 aromatic rings. The second-order valence-corrected chi connectivity index (χ2v) is 5.08. The van der Waals surface area contributed by atoms with E-state index < -0.39 is 0 Å². The Labute approximate surface area is 125 Å². The molecule has 0 aliphatic carbocycles. The SMILES string of the molecule is C=C(C)COc1c(OC)cc(C(=O)NC(C)C)cc1OC. The second-order valence-electron chi connectivity index (χ2n) is 5.08. The van der Waals surface area contributed by atoms with Gasteiger partial charge in [-0.2, -0.15) is 0 Å². The predicted molar refractivity (Wildman–Crippen MR) is 82.5 cm³/mol. The van der Waals surface area contributed by atoms with Crippen LogP contribution >= 0.6 is 0 Å². The molecule has 1 aromatic carbocycles. The van der Waals surface area contributed by atoms with E-state index in [1.165, 1.54) is 14.2 Å². The van der Waals surface area contributed by atoms with E-state index in [2.05, 4.69) is 11.9 Å². The van der Waals surface area contributed by atoms with Gasteiger partial charge in [0.25, 0.3) is 5.91 Å². The minimum atomic E-state index is -0.187. The zero-order valence-corrected chi connectivity index (χ0v) is 13.3. The summed E-state index contributed by atoms with van der Waals surface area (Å²) in [4.78, 5) is 12.1. The van der Waals surface area contributed by atoms with Crippen LogP contribution in [0.3, 0.4) is 0 Å². The van der Waals surface area contributed by atoms with Crippen molar-refractivity contribution in [3.63, 3.8) is 0 Å². The number of ether oxygens (including phenoxy) is 3. The molecular formula is C16H23NO4. The third-order valence-corrected chi connectivity index (χ3v) is 2.61. The van der Waals surface area contributed by atoms with Crippen LogP contribution < -0.4 is 19.5 Å². The fraction of sp³-hybridized carbons (Fsp3) is 0.438. The number of methoxy groups -OCH3 is 2. The molecule has 1 rings (SSSR count). The van der Waals surface area contributed by atoms with Crippen molar-refractivity contribution in [2.24, 2.45) is 0 Å². The van der Waals surface area contributed by atoms with Gasteiger partial charge < -0.3 is 19.5 Å². The van der Waals surface area contributed by atoms with Gasteiger partial charge in [0.2, 0.25) is 5.75 Å². The van der Waals surface area contributed by atoms with Crippen LogP contribution in [0.5, 0.6) is 17.2 Å². The molecule has 0 aliphatic rings. The van der Waals surface area contributed by atoms with Gasteiger partial charge in [0, 0.05) is 11.6 Å². The molecule has 0 saturated heterocycles. The highest BCUT2D eigenvalue weighted by atomic mass is 16.5. The maximum Gasteiger partial charge on any atom is 0.251 e. The van der Waals surface area contributed by atoms with Crippen molar-refractivity contribution < 1.29 is 19.0 Å². The van der Waals surface area contributed by atoms with E-state index in [-0.39, 0.29) is 11.9 Å². The fourth-order valence-electron chi connectivity index (χ4n) is 1.69. The topological polar surface area (TPSA) is 56.8 Å². The first kappa shape index (κ1) is 16.9. The molecule has 116 valence electrons. The van der Waals surface area contributed by atoms with Crippen LogP contribution in [0.1, 0.15) is 31.1 Å². The molecule has 5 nitrogen and oxygen atoms in total. The van der Waals surface area contributed by atoms with Crippen LogP contribution in [0, 0.1) is 0 Å². The largest absolute Gasteiger partial charge is 0.493 e. The maximum absolute atomic E-state index is 12.1. The number of carbonyl (C=O) groups is 1. The number of carbonyl (C=O) groups excluding carboxylic acids is 1. The summed E-state index contributed by atoms with van der Waals surface area (Å²) < 4.78 is 16.2. The Hall–Kier alpha value is -2.17. The van der Waals surface area contributed by atoms with Gasteiger partial charge in [-0.1, -0.05) is 6.58 Å². The molecule has 1 N–H and O–H groups in total. The van der Waals surface area contributed by atoms with Crippen molar-refractivity contribution in [1.82, 2.24) is 5.32 Å². The zero-order chi connectivity index (χ0) is 16.0. The summed E-state index contributed by atoms with van der Waals surface area (Å²) in [5.41, 5.74) is 1.33. The predicted octanol–water partition coefficient (Wildman–Crippen LogP) is 2.80. The standard InChI is InChI=1S/C16H23NO4/c1-10(2)9-21-15-13(19-5)7-12(8-14(15)20-6)16(18)17-11(3)4/h7-8,11H,1,9H2,2-6H3,(H,17,18). The summed E-state index contributed by atoms with van der Waals surface area (Å²) in [5, 5.41) is 2.83. The Morgan fingerprint density at radius 2 is 1.76 bits per heavy atom. The highest BCUT2D eigenvalue weighted by Gasteiger charge is 2.18. The summed E-state index contributed by atoms with van der Waals surface area (Å²) >= 11 is 0. The number of hydrogen-bond acceptors (Lipinski definition) is 4. The molecule has 0 unspecified atom stereocenters. The lowest BCUT2D eigenvalue weighted by Crippen LogP contribution is -2.30. The van der Waals surface area contributed by atoms with E-state index in [0.29, 0.717) is 29.4 Å². The molecule has 0 heterocycles. The molecule has 1 amide bonds. The Morgan fingerprint density at radius 1 is 1.24 bits per heavy atom. The average Bonchev–Trinajstić information content (AvgIpc) is 2.43. The highest BCUT2D eigenvalue weighted by molar-refractivity contribution is 5.95. The fourth-order valence-corrected chi connectivity index (χ4v) is 1.69. The summed E-state index contributed by atoms with van der Waals surface area (Å²) in [6.07, 6.45) is 0. The van der Waals surface area contributed by atoms with Gasteiger partial charge in [-0.3, -0.25) is 4.79 Å². The van der Waals surface area contributed by atoms with E-state index in [4.69, 9.17) is 14.2 Å². The lowest BCUT2D eigenvalue weighted by atomic mass is 10.1. The van der Waals surface area contributed by atoms with Gasteiger partial charge in [0.15, 0.2) is 11.5 Å². The van der Waals surface area contributed by atoms with Crippen LogP contribution in [-0.4, -0.2) is 32.8 Å². The van der Waals surface area contributed by atoms with Crippen molar-refractivity contribution >= 4 is 5.91 Å². The van der Waals surface area contributed by atoms with Crippen LogP contribution in [0.2, 0.25) is 0 Å². The zero-order valence-electron chi connectivity index (χ0n) is 13.3. The van der Waals surface area contributed by atoms with Gasteiger partial charge in [-0.15, -0.1) is 0 Å². The molecule has 0 aromatic heterocycles. The minimum absolute atomic E-state index is 0.0498. The van der Waals surface area contributed by atoms with Crippen molar-refractivity contribution in [1.29, 1.82) is 0 Å². The van der Waals surface area contributed by atoms with E-state index in [1.54, 1.807) is 12.1 Å². The number of rotatable bonds is 7. The molecule has 0 atom stereocenters. The van der Waals surface area contributed by atoms with E-state index in [9.17, 15) is 4.79 Å². The summed E-state index contributed by atoms with van der Waals surface area (Å²) in [5.74, 6) is 1.17. The summed E-state index contributed by atoms with van der Waals surface area (Å²) in [6.45, 7) is 9.80. The highest BCUT2D eigenvalue weighted by Crippen LogP contribution is 2.38. The Kier molecular flexibility index (Phi) is 6.09. The van der Waals surface area contributed by atoms with Gasteiger partial charge in [0.05, 0.1) is 14.2 Å². The van der Waals surface area contributed by atoms with Gasteiger partial charge in [-0.25, -0.2) is 0 Å². The monoisotopic (exact) mass is 293 g/mol. The Balaban J connectivity index is 3.16. The molecular weight excluding hydrogens is 270 g/mol. The van der Waals surface area contributed by atoms with Crippen molar-refractivity contribution in [2.75, 3.05) is 20.8 Å². The van der Waals surface area contributed by atoms with Crippen LogP contribution in [0.25, 0.3) is 0 Å². The smallest absolute Gasteiger partial charge is 0.251 e. The summed E-state index contributed by atoms with van der Waals surface area (Å²) in [7, 11) is 3.04. The van der Waals surface area contributed by atoms with E-state index in [1.807, 2.05) is 20.8 Å². The van der Waals surface area contributed by atoms with Crippen LogP contribution in [0.15, 0.2) is 24.3 Å². The number of amides is 1. The molecule has 0 aliphatic heterocycles. The van der Waals surface area contributed by atoms with Crippen LogP contribution in [-0.2, 0) is 0 Å². The minimum Gasteiger partial charge on any atom is -0.493 e. The van der Waals surface area contributed by atoms with Crippen LogP contribution in [0.4, 0.5) is 0 Å². The van der Waals surface area contributed by atoms with Gasteiger partial charge in [-0.05, 0) is 38.5 Å². The lowest BCUT2D eigenvalue weighted by Gasteiger charge is -2.16.